The summed E-state index contributed by atoms with van der Waals surface area (Å²) < 4.78 is 2.29. The van der Waals surface area contributed by atoms with Crippen molar-refractivity contribution in [3.63, 3.8) is 0 Å². The minimum absolute atomic E-state index is 0.655. The molecule has 0 fully saturated rings. The standard InChI is InChI=1S/C48H37N3/c1-3-46-44(43-19-7-8-20-48(43)51(46)42-18-9-13-36(30-42)33-49)27-21-35-22-28-47-45(31-35)34(2)12-11-29-50(47)41-25-23-38(24-26-41)40-17-10-16-39(32-40)37-14-5-4-6-15-37/h4-28,30-32H,2-3,29H2,1H3. The minimum atomic E-state index is 0.655. The number of anilines is 2. The predicted octanol–water partition coefficient (Wildman–Crippen LogP) is 12.3. The summed E-state index contributed by atoms with van der Waals surface area (Å²) in [6.07, 6.45) is 9.63. The highest BCUT2D eigenvalue weighted by molar-refractivity contribution is 5.96. The fourth-order valence-corrected chi connectivity index (χ4v) is 7.27. The van der Waals surface area contributed by atoms with Crippen molar-refractivity contribution in [2.75, 3.05) is 11.4 Å². The molecular weight excluding hydrogens is 619 g/mol. The maximum atomic E-state index is 9.58. The quantitative estimate of drug-likeness (QED) is 0.171. The maximum Gasteiger partial charge on any atom is 0.0992 e. The Balaban J connectivity index is 1.11. The van der Waals surface area contributed by atoms with Gasteiger partial charge in [0.25, 0.3) is 0 Å². The van der Waals surface area contributed by atoms with E-state index in [1.807, 2.05) is 18.2 Å². The highest BCUT2D eigenvalue weighted by Crippen LogP contribution is 2.38. The number of rotatable bonds is 7. The summed E-state index contributed by atoms with van der Waals surface area (Å²) in [5, 5.41) is 10.8. The smallest absolute Gasteiger partial charge is 0.0992 e. The topological polar surface area (TPSA) is 32.0 Å². The molecule has 0 spiro atoms. The van der Waals surface area contributed by atoms with Crippen LogP contribution in [0.1, 0.15) is 34.9 Å². The zero-order valence-corrected chi connectivity index (χ0v) is 28.6. The molecule has 0 amide bonds. The molecule has 8 rings (SSSR count). The van der Waals surface area contributed by atoms with Gasteiger partial charge in [0.15, 0.2) is 0 Å². The Morgan fingerprint density at radius 1 is 0.686 bits per heavy atom. The van der Waals surface area contributed by atoms with Crippen molar-refractivity contribution in [3.8, 4) is 34.0 Å². The lowest BCUT2D eigenvalue weighted by molar-refractivity contribution is 0.957. The zero-order valence-electron chi connectivity index (χ0n) is 28.6. The molecule has 1 aliphatic rings. The molecule has 0 radical (unpaired) electrons. The number of para-hydroxylation sites is 1. The van der Waals surface area contributed by atoms with Gasteiger partial charge < -0.3 is 9.47 Å². The van der Waals surface area contributed by atoms with Crippen molar-refractivity contribution in [1.29, 1.82) is 5.26 Å². The molecule has 0 N–H and O–H groups in total. The summed E-state index contributed by atoms with van der Waals surface area (Å²) in [6, 6.07) is 53.5. The van der Waals surface area contributed by atoms with Crippen molar-refractivity contribution in [1.82, 2.24) is 4.57 Å². The van der Waals surface area contributed by atoms with Gasteiger partial charge in [0.05, 0.1) is 17.1 Å². The van der Waals surface area contributed by atoms with Crippen LogP contribution in [0.2, 0.25) is 0 Å². The van der Waals surface area contributed by atoms with Gasteiger partial charge in [0.2, 0.25) is 0 Å². The van der Waals surface area contributed by atoms with Gasteiger partial charge >= 0.3 is 0 Å². The van der Waals surface area contributed by atoms with Crippen molar-refractivity contribution in [2.24, 2.45) is 0 Å². The fraction of sp³-hybridized carbons (Fsp3) is 0.0625. The van der Waals surface area contributed by atoms with Crippen LogP contribution in [0.3, 0.4) is 0 Å². The first-order valence-electron chi connectivity index (χ1n) is 17.5. The van der Waals surface area contributed by atoms with Crippen LogP contribution in [-0.2, 0) is 6.42 Å². The van der Waals surface area contributed by atoms with Crippen molar-refractivity contribution in [2.45, 2.75) is 13.3 Å². The van der Waals surface area contributed by atoms with Crippen LogP contribution in [0.15, 0.2) is 164 Å². The largest absolute Gasteiger partial charge is 0.337 e. The van der Waals surface area contributed by atoms with Crippen LogP contribution in [-0.4, -0.2) is 11.1 Å². The molecule has 6 aromatic carbocycles. The van der Waals surface area contributed by atoms with Gasteiger partial charge in [-0.15, -0.1) is 0 Å². The lowest BCUT2D eigenvalue weighted by atomic mass is 9.98. The van der Waals surface area contributed by atoms with Crippen LogP contribution in [0.4, 0.5) is 11.4 Å². The van der Waals surface area contributed by atoms with E-state index in [-0.39, 0.29) is 0 Å². The molecule has 0 aliphatic carbocycles. The van der Waals surface area contributed by atoms with Crippen LogP contribution in [0, 0.1) is 11.3 Å². The van der Waals surface area contributed by atoms with E-state index in [2.05, 4.69) is 181 Å². The molecule has 0 bridgehead atoms. The summed E-state index contributed by atoms with van der Waals surface area (Å²) in [4.78, 5) is 2.36. The molecular formula is C48H37N3. The average molecular weight is 656 g/mol. The summed E-state index contributed by atoms with van der Waals surface area (Å²) in [5.41, 5.74) is 15.6. The summed E-state index contributed by atoms with van der Waals surface area (Å²) >= 11 is 0. The molecule has 3 heteroatoms. The van der Waals surface area contributed by atoms with Gasteiger partial charge in [0, 0.05) is 45.8 Å². The third-order valence-corrected chi connectivity index (χ3v) is 9.77. The first kappa shape index (κ1) is 31.6. The molecule has 2 heterocycles. The van der Waals surface area contributed by atoms with E-state index < -0.39 is 0 Å². The van der Waals surface area contributed by atoms with Gasteiger partial charge in [-0.3, -0.25) is 0 Å². The van der Waals surface area contributed by atoms with Crippen molar-refractivity contribution < 1.29 is 0 Å². The Kier molecular flexibility index (Phi) is 8.50. The second-order valence-electron chi connectivity index (χ2n) is 12.9. The molecule has 244 valence electrons. The minimum Gasteiger partial charge on any atom is -0.337 e. The molecule has 0 unspecified atom stereocenters. The van der Waals surface area contributed by atoms with E-state index >= 15 is 0 Å². The number of fused-ring (bicyclic) bond motifs is 2. The number of hydrogen-bond donors (Lipinski definition) is 0. The van der Waals surface area contributed by atoms with Gasteiger partial charge in [-0.2, -0.15) is 5.26 Å². The average Bonchev–Trinajstić information content (AvgIpc) is 3.42. The zero-order chi connectivity index (χ0) is 34.7. The third-order valence-electron chi connectivity index (χ3n) is 9.77. The summed E-state index contributed by atoms with van der Waals surface area (Å²) in [7, 11) is 0. The Morgan fingerprint density at radius 2 is 1.41 bits per heavy atom. The Hall–Kier alpha value is -6.63. The normalized spacial score (nSPS) is 12.6. The SMILES string of the molecule is C=C1C=CCN(c2ccc(-c3cccc(-c4ccccc4)c3)cc2)c2ccc(C=Cc3c(CC)n(-c4cccc(C#N)c4)c4ccccc34)cc21. The highest BCUT2D eigenvalue weighted by atomic mass is 15.1. The first-order valence-corrected chi connectivity index (χ1v) is 17.5. The molecule has 0 saturated heterocycles. The number of aromatic nitrogens is 1. The predicted molar refractivity (Wildman–Crippen MR) is 215 cm³/mol. The van der Waals surface area contributed by atoms with Gasteiger partial charge in [0.1, 0.15) is 0 Å². The Morgan fingerprint density at radius 3 is 2.20 bits per heavy atom. The van der Waals surface area contributed by atoms with Crippen LogP contribution in [0.5, 0.6) is 0 Å². The van der Waals surface area contributed by atoms with E-state index in [4.69, 9.17) is 0 Å². The summed E-state index contributed by atoms with van der Waals surface area (Å²) in [5.74, 6) is 0. The summed E-state index contributed by atoms with van der Waals surface area (Å²) in [6.45, 7) is 7.40. The number of nitrogens with zero attached hydrogens (tertiary/aromatic N) is 3. The van der Waals surface area contributed by atoms with E-state index in [0.29, 0.717) is 5.56 Å². The lowest BCUT2D eigenvalue weighted by Gasteiger charge is -2.25. The lowest BCUT2D eigenvalue weighted by Crippen LogP contribution is -2.17. The second kappa shape index (κ2) is 13.7. The van der Waals surface area contributed by atoms with E-state index in [9.17, 15) is 5.26 Å². The number of nitriles is 1. The Labute approximate surface area is 300 Å². The fourth-order valence-electron chi connectivity index (χ4n) is 7.27. The van der Waals surface area contributed by atoms with Crippen molar-refractivity contribution >= 4 is 40.0 Å². The molecule has 51 heavy (non-hydrogen) atoms. The molecule has 0 atom stereocenters. The van der Waals surface area contributed by atoms with E-state index in [0.717, 1.165) is 52.2 Å². The highest BCUT2D eigenvalue weighted by Gasteiger charge is 2.18. The molecule has 1 aliphatic heterocycles. The third kappa shape index (κ3) is 6.09. The van der Waals surface area contributed by atoms with Crippen LogP contribution in [0.25, 0.3) is 56.6 Å². The van der Waals surface area contributed by atoms with E-state index in [1.165, 1.54) is 38.9 Å². The number of hydrogen-bond acceptors (Lipinski definition) is 2. The molecule has 1 aromatic heterocycles. The van der Waals surface area contributed by atoms with Gasteiger partial charge in [-0.25, -0.2) is 0 Å². The van der Waals surface area contributed by atoms with Gasteiger partial charge in [-0.1, -0.05) is 129 Å². The molecule has 7 aromatic rings. The number of benzene rings is 6. The van der Waals surface area contributed by atoms with Crippen LogP contribution >= 0.6 is 0 Å². The van der Waals surface area contributed by atoms with E-state index in [1.54, 1.807) is 0 Å². The van der Waals surface area contributed by atoms with Crippen LogP contribution < -0.4 is 4.90 Å². The van der Waals surface area contributed by atoms with Crippen molar-refractivity contribution in [3.05, 3.63) is 192 Å². The second-order valence-corrected chi connectivity index (χ2v) is 12.9. The monoisotopic (exact) mass is 655 g/mol. The molecule has 3 nitrogen and oxygen atoms in total. The number of allylic oxidation sites excluding steroid dienone is 2. The first-order chi connectivity index (χ1) is 25.1. The van der Waals surface area contributed by atoms with Gasteiger partial charge in [-0.05, 0) is 94.4 Å². The Bertz CT molecular complexity index is 2510. The maximum absolute atomic E-state index is 9.58. The molecule has 0 saturated carbocycles.